The first-order valence-electron chi connectivity index (χ1n) is 6.36. The van der Waals surface area contributed by atoms with Gasteiger partial charge in [0.05, 0.1) is 6.10 Å². The predicted molar refractivity (Wildman–Crippen MR) is 63.3 cm³/mol. The normalized spacial score (nSPS) is 29.3. The summed E-state index contributed by atoms with van der Waals surface area (Å²) in [6.45, 7) is 2.17. The number of hydrogen-bond donors (Lipinski definition) is 3. The second-order valence-electron chi connectivity index (χ2n) is 4.84. The van der Waals surface area contributed by atoms with Crippen LogP contribution in [-0.4, -0.2) is 17.1 Å². The molecule has 0 radical (unpaired) electrons. The van der Waals surface area contributed by atoms with Crippen molar-refractivity contribution >= 4 is 5.91 Å². The number of amides is 1. The Labute approximate surface area is 97.6 Å². The first-order chi connectivity index (χ1) is 7.69. The highest BCUT2D eigenvalue weighted by Gasteiger charge is 2.35. The topological polar surface area (TPSA) is 75.4 Å². The van der Waals surface area contributed by atoms with Gasteiger partial charge in [-0.2, -0.15) is 0 Å². The Morgan fingerprint density at radius 2 is 2.19 bits per heavy atom. The second-order valence-corrected chi connectivity index (χ2v) is 4.84. The van der Waals surface area contributed by atoms with Crippen molar-refractivity contribution in [2.75, 3.05) is 0 Å². The number of aliphatic hydroxyl groups is 1. The van der Waals surface area contributed by atoms with Crippen LogP contribution in [0.5, 0.6) is 0 Å². The molecule has 0 aromatic heterocycles. The number of hydrogen-bond acceptors (Lipinski definition) is 3. The zero-order valence-electron chi connectivity index (χ0n) is 10.1. The third-order valence-corrected chi connectivity index (χ3v) is 3.68. The average Bonchev–Trinajstić information content (AvgIpc) is 2.61. The van der Waals surface area contributed by atoms with Gasteiger partial charge in [-0.25, -0.2) is 5.84 Å². The van der Waals surface area contributed by atoms with Crippen molar-refractivity contribution in [2.45, 2.75) is 58.0 Å². The molecule has 16 heavy (non-hydrogen) atoms. The number of rotatable bonds is 6. The van der Waals surface area contributed by atoms with E-state index in [-0.39, 0.29) is 12.0 Å². The number of hydrazine groups is 1. The molecule has 0 unspecified atom stereocenters. The van der Waals surface area contributed by atoms with Gasteiger partial charge in [-0.1, -0.05) is 26.2 Å². The molecule has 0 spiro atoms. The Hall–Kier alpha value is -0.610. The summed E-state index contributed by atoms with van der Waals surface area (Å²) in [6, 6.07) is 0. The standard InChI is InChI=1S/C12H24N2O2/c1-2-3-4-5-10-9(6-7-11(10)15)8-12(16)14-13/h9-11,15H,2-8,13H2,1H3,(H,14,16)/t9-,10-,11-/m0/s1. The third-order valence-electron chi connectivity index (χ3n) is 3.68. The number of carbonyl (C=O) groups excluding carboxylic acids is 1. The van der Waals surface area contributed by atoms with Crippen LogP contribution in [-0.2, 0) is 4.79 Å². The lowest BCUT2D eigenvalue weighted by atomic mass is 9.87. The summed E-state index contributed by atoms with van der Waals surface area (Å²) >= 11 is 0. The lowest BCUT2D eigenvalue weighted by Crippen LogP contribution is -2.33. The molecule has 0 aromatic rings. The van der Waals surface area contributed by atoms with Gasteiger partial charge in [-0.15, -0.1) is 0 Å². The zero-order valence-corrected chi connectivity index (χ0v) is 10.1. The van der Waals surface area contributed by atoms with Gasteiger partial charge in [0.2, 0.25) is 5.91 Å². The van der Waals surface area contributed by atoms with Crippen LogP contribution in [0.3, 0.4) is 0 Å². The molecule has 0 aliphatic heterocycles. The molecular formula is C12H24N2O2. The molecule has 1 fully saturated rings. The van der Waals surface area contributed by atoms with Crippen LogP contribution in [0.15, 0.2) is 0 Å². The van der Waals surface area contributed by atoms with Crippen molar-refractivity contribution in [3.8, 4) is 0 Å². The molecule has 4 heteroatoms. The van der Waals surface area contributed by atoms with Gasteiger partial charge in [-0.05, 0) is 31.1 Å². The summed E-state index contributed by atoms with van der Waals surface area (Å²) in [7, 11) is 0. The lowest BCUT2D eigenvalue weighted by Gasteiger charge is -2.21. The molecule has 0 bridgehead atoms. The number of nitrogens with one attached hydrogen (secondary N) is 1. The average molecular weight is 228 g/mol. The van der Waals surface area contributed by atoms with Crippen molar-refractivity contribution in [3.63, 3.8) is 0 Å². The van der Waals surface area contributed by atoms with Crippen LogP contribution in [0.2, 0.25) is 0 Å². The first-order valence-corrected chi connectivity index (χ1v) is 6.36. The molecule has 1 amide bonds. The van der Waals surface area contributed by atoms with Gasteiger partial charge in [-0.3, -0.25) is 10.2 Å². The minimum absolute atomic E-state index is 0.111. The number of carbonyl (C=O) groups is 1. The Balaban J connectivity index is 2.39. The highest BCUT2D eigenvalue weighted by molar-refractivity contribution is 5.75. The number of aliphatic hydroxyl groups excluding tert-OH is 1. The molecule has 0 aromatic carbocycles. The fourth-order valence-electron chi connectivity index (χ4n) is 2.74. The van der Waals surface area contributed by atoms with E-state index in [0.29, 0.717) is 18.3 Å². The summed E-state index contributed by atoms with van der Waals surface area (Å²) in [5.74, 6) is 5.59. The maximum atomic E-state index is 11.2. The molecule has 94 valence electrons. The van der Waals surface area contributed by atoms with E-state index >= 15 is 0 Å². The highest BCUT2D eigenvalue weighted by atomic mass is 16.3. The van der Waals surface area contributed by atoms with Crippen molar-refractivity contribution in [1.29, 1.82) is 0 Å². The van der Waals surface area contributed by atoms with Crippen molar-refractivity contribution in [2.24, 2.45) is 17.7 Å². The van der Waals surface area contributed by atoms with Crippen LogP contribution >= 0.6 is 0 Å². The lowest BCUT2D eigenvalue weighted by molar-refractivity contribution is -0.122. The Bertz CT molecular complexity index is 221. The van der Waals surface area contributed by atoms with Gasteiger partial charge in [0.1, 0.15) is 0 Å². The third kappa shape index (κ3) is 3.76. The molecule has 0 saturated heterocycles. The fraction of sp³-hybridized carbons (Fsp3) is 0.917. The fourth-order valence-corrected chi connectivity index (χ4v) is 2.74. The number of unbranched alkanes of at least 4 members (excludes halogenated alkanes) is 2. The molecule has 4 N–H and O–H groups in total. The van der Waals surface area contributed by atoms with E-state index in [4.69, 9.17) is 5.84 Å². The molecule has 1 saturated carbocycles. The monoisotopic (exact) mass is 228 g/mol. The minimum Gasteiger partial charge on any atom is -0.393 e. The largest absolute Gasteiger partial charge is 0.393 e. The molecule has 1 rings (SSSR count). The van der Waals surface area contributed by atoms with E-state index in [2.05, 4.69) is 12.3 Å². The van der Waals surface area contributed by atoms with Crippen LogP contribution in [0, 0.1) is 11.8 Å². The van der Waals surface area contributed by atoms with Crippen LogP contribution in [0.1, 0.15) is 51.9 Å². The van der Waals surface area contributed by atoms with Gasteiger partial charge < -0.3 is 5.11 Å². The van der Waals surface area contributed by atoms with Gasteiger partial charge in [0.15, 0.2) is 0 Å². The van der Waals surface area contributed by atoms with E-state index in [0.717, 1.165) is 25.7 Å². The summed E-state index contributed by atoms with van der Waals surface area (Å²) in [5.41, 5.74) is 2.17. The SMILES string of the molecule is CCCCC[C@H]1[C@H](CC(=O)NN)CC[C@@H]1O. The van der Waals surface area contributed by atoms with E-state index < -0.39 is 0 Å². The maximum absolute atomic E-state index is 11.2. The molecule has 1 aliphatic carbocycles. The Morgan fingerprint density at radius 1 is 1.44 bits per heavy atom. The number of nitrogens with two attached hydrogens (primary N) is 1. The van der Waals surface area contributed by atoms with Crippen molar-refractivity contribution < 1.29 is 9.90 Å². The first kappa shape index (κ1) is 13.5. The van der Waals surface area contributed by atoms with Gasteiger partial charge in [0.25, 0.3) is 0 Å². The van der Waals surface area contributed by atoms with Gasteiger partial charge in [0, 0.05) is 6.42 Å². The quantitative estimate of drug-likeness (QED) is 0.278. The van der Waals surface area contributed by atoms with E-state index in [1.165, 1.54) is 12.8 Å². The van der Waals surface area contributed by atoms with Crippen LogP contribution < -0.4 is 11.3 Å². The minimum atomic E-state index is -0.215. The van der Waals surface area contributed by atoms with Crippen LogP contribution in [0.25, 0.3) is 0 Å². The summed E-state index contributed by atoms with van der Waals surface area (Å²) in [5, 5.41) is 9.88. The van der Waals surface area contributed by atoms with Crippen molar-refractivity contribution in [1.82, 2.24) is 5.43 Å². The van der Waals surface area contributed by atoms with E-state index in [1.54, 1.807) is 0 Å². The smallest absolute Gasteiger partial charge is 0.234 e. The molecule has 1 aliphatic rings. The van der Waals surface area contributed by atoms with Crippen molar-refractivity contribution in [3.05, 3.63) is 0 Å². The Morgan fingerprint density at radius 3 is 2.81 bits per heavy atom. The maximum Gasteiger partial charge on any atom is 0.234 e. The van der Waals surface area contributed by atoms with E-state index in [1.807, 2.05) is 0 Å². The molecule has 4 nitrogen and oxygen atoms in total. The molecule has 0 heterocycles. The molecular weight excluding hydrogens is 204 g/mol. The molecule has 3 atom stereocenters. The van der Waals surface area contributed by atoms with Crippen LogP contribution in [0.4, 0.5) is 0 Å². The van der Waals surface area contributed by atoms with Gasteiger partial charge >= 0.3 is 0 Å². The zero-order chi connectivity index (χ0) is 12.0. The predicted octanol–water partition coefficient (Wildman–Crippen LogP) is 1.33. The second kappa shape index (κ2) is 6.86. The highest BCUT2D eigenvalue weighted by Crippen LogP contribution is 2.37. The summed E-state index contributed by atoms with van der Waals surface area (Å²) in [4.78, 5) is 11.2. The van der Waals surface area contributed by atoms with E-state index in [9.17, 15) is 9.90 Å². The summed E-state index contributed by atoms with van der Waals surface area (Å²) < 4.78 is 0. The summed E-state index contributed by atoms with van der Waals surface area (Å²) in [6.07, 6.45) is 6.62. The Kier molecular flexibility index (Phi) is 5.77.